The number of hydrogen-bond donors (Lipinski definition) is 0. The topological polar surface area (TPSA) is 49.9 Å². The summed E-state index contributed by atoms with van der Waals surface area (Å²) in [5.74, 6) is 0.541. The summed E-state index contributed by atoms with van der Waals surface area (Å²) >= 11 is 1.48. The standard InChI is InChI=1S/C18H28N2O3S/c1-18(2,3)23-17(22)20-9-5-7-14(12-20)11-19(4)13-15(21)16-8-6-10-24-16/h6,8,10,14H,5,7,9,11-13H2,1-4H3/t14-/m0/s1. The lowest BCUT2D eigenvalue weighted by Crippen LogP contribution is -2.45. The van der Waals surface area contributed by atoms with Gasteiger partial charge in [-0.1, -0.05) is 6.07 Å². The van der Waals surface area contributed by atoms with E-state index in [9.17, 15) is 9.59 Å². The van der Waals surface area contributed by atoms with Gasteiger partial charge < -0.3 is 9.64 Å². The Kier molecular flexibility index (Phi) is 6.40. The van der Waals surface area contributed by atoms with E-state index in [4.69, 9.17) is 4.74 Å². The predicted molar refractivity (Wildman–Crippen MR) is 96.7 cm³/mol. The lowest BCUT2D eigenvalue weighted by Gasteiger charge is -2.35. The molecule has 1 atom stereocenters. The van der Waals surface area contributed by atoms with Crippen LogP contribution in [0, 0.1) is 5.92 Å². The van der Waals surface area contributed by atoms with E-state index >= 15 is 0 Å². The molecule has 5 nitrogen and oxygen atoms in total. The molecule has 1 fully saturated rings. The van der Waals surface area contributed by atoms with Crippen LogP contribution in [-0.2, 0) is 4.74 Å². The molecule has 0 bridgehead atoms. The Morgan fingerprint density at radius 2 is 2.17 bits per heavy atom. The first-order valence-electron chi connectivity index (χ1n) is 8.48. The highest BCUT2D eigenvalue weighted by Gasteiger charge is 2.28. The van der Waals surface area contributed by atoms with Crippen LogP contribution in [0.2, 0.25) is 0 Å². The maximum absolute atomic E-state index is 12.2. The van der Waals surface area contributed by atoms with Crippen molar-refractivity contribution in [3.63, 3.8) is 0 Å². The quantitative estimate of drug-likeness (QED) is 0.761. The van der Waals surface area contributed by atoms with Crippen LogP contribution in [0.4, 0.5) is 4.79 Å². The number of hydrogen-bond acceptors (Lipinski definition) is 5. The summed E-state index contributed by atoms with van der Waals surface area (Å²) in [6, 6.07) is 3.77. The van der Waals surface area contributed by atoms with E-state index < -0.39 is 5.60 Å². The highest BCUT2D eigenvalue weighted by molar-refractivity contribution is 7.12. The number of rotatable bonds is 5. The molecule has 0 aromatic carbocycles. The number of likely N-dealkylation sites (N-methyl/N-ethyl adjacent to an activating group) is 1. The zero-order valence-corrected chi connectivity index (χ0v) is 15.9. The monoisotopic (exact) mass is 352 g/mol. The Hall–Kier alpha value is -1.40. The average Bonchev–Trinajstić information content (AvgIpc) is 2.99. The Labute approximate surface area is 148 Å². The molecule has 1 aromatic rings. The normalized spacial score (nSPS) is 18.7. The van der Waals surface area contributed by atoms with Crippen molar-refractivity contribution in [2.45, 2.75) is 39.2 Å². The SMILES string of the molecule is CN(CC(=O)c1cccs1)C[C@@H]1CCCN(C(=O)OC(C)(C)C)C1. The minimum atomic E-state index is -0.464. The number of piperidine rings is 1. The van der Waals surface area contributed by atoms with Gasteiger partial charge in [-0.15, -0.1) is 11.3 Å². The van der Waals surface area contributed by atoms with E-state index in [0.717, 1.165) is 30.8 Å². The minimum absolute atomic E-state index is 0.160. The van der Waals surface area contributed by atoms with Crippen LogP contribution in [0.5, 0.6) is 0 Å². The van der Waals surface area contributed by atoms with Gasteiger partial charge in [-0.05, 0) is 58.0 Å². The average molecular weight is 353 g/mol. The van der Waals surface area contributed by atoms with Crippen molar-refractivity contribution < 1.29 is 14.3 Å². The third-order valence-corrected chi connectivity index (χ3v) is 4.86. The van der Waals surface area contributed by atoms with Gasteiger partial charge in [0.2, 0.25) is 0 Å². The van der Waals surface area contributed by atoms with Gasteiger partial charge in [-0.3, -0.25) is 9.69 Å². The Morgan fingerprint density at radius 1 is 1.42 bits per heavy atom. The molecule has 0 spiro atoms. The van der Waals surface area contributed by atoms with Crippen molar-refractivity contribution in [3.8, 4) is 0 Å². The minimum Gasteiger partial charge on any atom is -0.444 e. The lowest BCUT2D eigenvalue weighted by molar-refractivity contribution is 0.0149. The van der Waals surface area contributed by atoms with E-state index in [1.807, 2.05) is 45.3 Å². The van der Waals surface area contributed by atoms with Crippen molar-refractivity contribution >= 4 is 23.2 Å². The molecule has 6 heteroatoms. The van der Waals surface area contributed by atoms with Gasteiger partial charge in [-0.25, -0.2) is 4.79 Å². The Balaban J connectivity index is 1.81. The summed E-state index contributed by atoms with van der Waals surface area (Å²) < 4.78 is 5.46. The van der Waals surface area contributed by atoms with E-state index in [0.29, 0.717) is 19.0 Å². The number of likely N-dealkylation sites (tertiary alicyclic amines) is 1. The maximum Gasteiger partial charge on any atom is 0.410 e. The molecule has 1 aliphatic rings. The number of carbonyl (C=O) groups is 2. The number of Topliss-reactive ketones (excluding diaryl/α,β-unsaturated/α-hetero) is 1. The molecular weight excluding hydrogens is 324 g/mol. The van der Waals surface area contributed by atoms with Gasteiger partial charge >= 0.3 is 6.09 Å². The molecule has 0 radical (unpaired) electrons. The Bertz CT molecular complexity index is 551. The Morgan fingerprint density at radius 3 is 2.79 bits per heavy atom. The van der Waals surface area contributed by atoms with E-state index in [2.05, 4.69) is 4.90 Å². The van der Waals surface area contributed by atoms with Crippen LogP contribution >= 0.6 is 11.3 Å². The summed E-state index contributed by atoms with van der Waals surface area (Å²) in [6.45, 7) is 8.35. The molecule has 0 saturated carbocycles. The highest BCUT2D eigenvalue weighted by Crippen LogP contribution is 2.20. The molecule has 0 unspecified atom stereocenters. The van der Waals surface area contributed by atoms with Crippen molar-refractivity contribution in [2.75, 3.05) is 33.2 Å². The van der Waals surface area contributed by atoms with Crippen LogP contribution in [0.25, 0.3) is 0 Å². The molecule has 1 saturated heterocycles. The zero-order chi connectivity index (χ0) is 17.7. The third kappa shape index (κ3) is 5.91. The lowest BCUT2D eigenvalue weighted by atomic mass is 9.97. The fraction of sp³-hybridized carbons (Fsp3) is 0.667. The zero-order valence-electron chi connectivity index (χ0n) is 15.1. The number of carbonyl (C=O) groups excluding carboxylic acids is 2. The van der Waals surface area contributed by atoms with Crippen LogP contribution in [0.1, 0.15) is 43.3 Å². The molecule has 1 aromatic heterocycles. The van der Waals surface area contributed by atoms with Crippen molar-refractivity contribution in [2.24, 2.45) is 5.92 Å². The fourth-order valence-electron chi connectivity index (χ4n) is 2.97. The molecule has 2 rings (SSSR count). The summed E-state index contributed by atoms with van der Waals surface area (Å²) in [4.78, 5) is 29.1. The third-order valence-electron chi connectivity index (χ3n) is 3.95. The molecule has 134 valence electrons. The van der Waals surface area contributed by atoms with Gasteiger partial charge in [0.15, 0.2) is 5.78 Å². The first-order chi connectivity index (χ1) is 11.2. The van der Waals surface area contributed by atoms with Crippen molar-refractivity contribution in [1.82, 2.24) is 9.80 Å². The van der Waals surface area contributed by atoms with E-state index in [-0.39, 0.29) is 11.9 Å². The largest absolute Gasteiger partial charge is 0.444 e. The van der Waals surface area contributed by atoms with Crippen LogP contribution in [-0.4, -0.2) is 60.5 Å². The van der Waals surface area contributed by atoms with Gasteiger partial charge in [0, 0.05) is 19.6 Å². The summed E-state index contributed by atoms with van der Waals surface area (Å²) in [5, 5.41) is 1.92. The first kappa shape index (κ1) is 18.9. The van der Waals surface area contributed by atoms with E-state index in [1.54, 1.807) is 4.90 Å². The van der Waals surface area contributed by atoms with E-state index in [1.165, 1.54) is 11.3 Å². The molecule has 0 aliphatic carbocycles. The molecule has 2 heterocycles. The number of nitrogens with zero attached hydrogens (tertiary/aromatic N) is 2. The van der Waals surface area contributed by atoms with Gasteiger partial charge in [-0.2, -0.15) is 0 Å². The van der Waals surface area contributed by atoms with Crippen LogP contribution in [0.3, 0.4) is 0 Å². The number of thiophene rings is 1. The number of ether oxygens (including phenoxy) is 1. The molecule has 1 amide bonds. The number of ketones is 1. The summed E-state index contributed by atoms with van der Waals surface area (Å²) in [7, 11) is 1.97. The van der Waals surface area contributed by atoms with Gasteiger partial charge in [0.25, 0.3) is 0 Å². The molecule has 1 aliphatic heterocycles. The van der Waals surface area contributed by atoms with Crippen LogP contribution < -0.4 is 0 Å². The summed E-state index contributed by atoms with van der Waals surface area (Å²) in [6.07, 6.45) is 1.83. The first-order valence-corrected chi connectivity index (χ1v) is 9.36. The predicted octanol–water partition coefficient (Wildman–Crippen LogP) is 3.51. The second kappa shape index (κ2) is 8.12. The molecule has 0 N–H and O–H groups in total. The smallest absolute Gasteiger partial charge is 0.410 e. The maximum atomic E-state index is 12.2. The second-order valence-corrected chi connectivity index (χ2v) is 8.48. The summed E-state index contributed by atoms with van der Waals surface area (Å²) in [5.41, 5.74) is -0.464. The highest BCUT2D eigenvalue weighted by atomic mass is 32.1. The molecule has 24 heavy (non-hydrogen) atoms. The van der Waals surface area contributed by atoms with Crippen LogP contribution in [0.15, 0.2) is 17.5 Å². The van der Waals surface area contributed by atoms with Crippen molar-refractivity contribution in [3.05, 3.63) is 22.4 Å². The van der Waals surface area contributed by atoms with Gasteiger partial charge in [0.05, 0.1) is 11.4 Å². The molecular formula is C18H28N2O3S. The fourth-order valence-corrected chi connectivity index (χ4v) is 3.63. The number of amides is 1. The van der Waals surface area contributed by atoms with Crippen molar-refractivity contribution in [1.29, 1.82) is 0 Å². The van der Waals surface area contributed by atoms with Gasteiger partial charge in [0.1, 0.15) is 5.60 Å². The second-order valence-electron chi connectivity index (χ2n) is 7.53.